The Bertz CT molecular complexity index is 728. The average molecular weight is 323 g/mol. The Morgan fingerprint density at radius 3 is 2.71 bits per heavy atom. The first kappa shape index (κ1) is 16.2. The molecule has 2 aromatic rings. The van der Waals surface area contributed by atoms with Gasteiger partial charge in [0.25, 0.3) is 0 Å². The number of benzene rings is 1. The maximum absolute atomic E-state index is 12.7. The zero-order valence-electron chi connectivity index (χ0n) is 14.0. The second-order valence-electron chi connectivity index (χ2n) is 6.30. The topological polar surface area (TPSA) is 53.5 Å². The number of pyridine rings is 1. The fourth-order valence-corrected chi connectivity index (χ4v) is 3.00. The van der Waals surface area contributed by atoms with Crippen molar-refractivity contribution >= 4 is 17.5 Å². The molecule has 24 heavy (non-hydrogen) atoms. The highest BCUT2D eigenvalue weighted by molar-refractivity contribution is 6.00. The molecule has 0 bridgehead atoms. The van der Waals surface area contributed by atoms with E-state index in [2.05, 4.69) is 4.98 Å². The van der Waals surface area contributed by atoms with E-state index in [0.29, 0.717) is 13.1 Å². The number of anilines is 1. The first-order chi connectivity index (χ1) is 11.5. The molecule has 1 aromatic carbocycles. The van der Waals surface area contributed by atoms with Crippen molar-refractivity contribution < 1.29 is 9.59 Å². The van der Waals surface area contributed by atoms with Gasteiger partial charge in [-0.25, -0.2) is 0 Å². The Labute approximate surface area is 141 Å². The number of hydrogen-bond donors (Lipinski definition) is 0. The minimum Gasteiger partial charge on any atom is -0.341 e. The summed E-state index contributed by atoms with van der Waals surface area (Å²) in [6.45, 7) is 2.95. The Kier molecular flexibility index (Phi) is 4.60. The molecule has 3 rings (SSSR count). The molecule has 1 atom stereocenters. The summed E-state index contributed by atoms with van der Waals surface area (Å²) in [4.78, 5) is 32.4. The van der Waals surface area contributed by atoms with Crippen LogP contribution >= 0.6 is 0 Å². The van der Waals surface area contributed by atoms with Gasteiger partial charge in [0.15, 0.2) is 0 Å². The van der Waals surface area contributed by atoms with Crippen LogP contribution in [0, 0.1) is 12.8 Å². The lowest BCUT2D eigenvalue weighted by Crippen LogP contribution is -2.34. The van der Waals surface area contributed by atoms with E-state index in [-0.39, 0.29) is 24.2 Å². The van der Waals surface area contributed by atoms with Gasteiger partial charge >= 0.3 is 0 Å². The third kappa shape index (κ3) is 3.45. The highest BCUT2D eigenvalue weighted by Gasteiger charge is 2.36. The Morgan fingerprint density at radius 1 is 1.29 bits per heavy atom. The van der Waals surface area contributed by atoms with Crippen molar-refractivity contribution in [3.05, 3.63) is 59.9 Å². The second kappa shape index (κ2) is 6.83. The molecule has 1 saturated heterocycles. The largest absolute Gasteiger partial charge is 0.341 e. The molecule has 1 unspecified atom stereocenters. The zero-order valence-corrected chi connectivity index (χ0v) is 14.0. The van der Waals surface area contributed by atoms with Gasteiger partial charge in [-0.1, -0.05) is 23.8 Å². The number of rotatable bonds is 4. The van der Waals surface area contributed by atoms with E-state index in [1.54, 1.807) is 29.2 Å². The van der Waals surface area contributed by atoms with E-state index in [9.17, 15) is 9.59 Å². The van der Waals surface area contributed by atoms with Crippen molar-refractivity contribution in [1.82, 2.24) is 9.88 Å². The number of aromatic nitrogens is 1. The summed E-state index contributed by atoms with van der Waals surface area (Å²) in [5.41, 5.74) is 2.98. The molecule has 2 amide bonds. The standard InChI is InChI=1S/C19H21N3O2/c1-14-5-7-17(8-6-14)22-13-16(10-18(22)23)19(24)21(2)12-15-4-3-9-20-11-15/h3-9,11,16H,10,12-13H2,1-2H3. The van der Waals surface area contributed by atoms with Crippen molar-refractivity contribution in [2.24, 2.45) is 5.92 Å². The quantitative estimate of drug-likeness (QED) is 0.868. The van der Waals surface area contributed by atoms with Gasteiger partial charge in [0.2, 0.25) is 11.8 Å². The monoisotopic (exact) mass is 323 g/mol. The Morgan fingerprint density at radius 2 is 2.04 bits per heavy atom. The van der Waals surface area contributed by atoms with Crippen molar-refractivity contribution in [2.75, 3.05) is 18.5 Å². The van der Waals surface area contributed by atoms with E-state index in [0.717, 1.165) is 16.8 Å². The summed E-state index contributed by atoms with van der Waals surface area (Å²) in [7, 11) is 1.77. The van der Waals surface area contributed by atoms with Gasteiger partial charge in [0, 0.05) is 44.6 Å². The molecule has 1 aromatic heterocycles. The minimum absolute atomic E-state index is 0.00168. The van der Waals surface area contributed by atoms with Crippen molar-refractivity contribution in [3.8, 4) is 0 Å². The van der Waals surface area contributed by atoms with E-state index in [1.807, 2.05) is 43.3 Å². The number of carbonyl (C=O) groups excluding carboxylic acids is 2. The van der Waals surface area contributed by atoms with E-state index < -0.39 is 0 Å². The fraction of sp³-hybridized carbons (Fsp3) is 0.316. The number of nitrogens with zero attached hydrogens (tertiary/aromatic N) is 3. The normalized spacial score (nSPS) is 17.2. The third-order valence-electron chi connectivity index (χ3n) is 4.34. The van der Waals surface area contributed by atoms with Crippen LogP contribution in [-0.4, -0.2) is 35.3 Å². The van der Waals surface area contributed by atoms with Crippen LogP contribution in [0.1, 0.15) is 17.5 Å². The van der Waals surface area contributed by atoms with Gasteiger partial charge in [0.05, 0.1) is 5.92 Å². The van der Waals surface area contributed by atoms with Gasteiger partial charge in [-0.3, -0.25) is 14.6 Å². The number of carbonyl (C=O) groups is 2. The molecule has 124 valence electrons. The second-order valence-corrected chi connectivity index (χ2v) is 6.30. The summed E-state index contributed by atoms with van der Waals surface area (Å²) >= 11 is 0. The Hall–Kier alpha value is -2.69. The van der Waals surface area contributed by atoms with Gasteiger partial charge in [0.1, 0.15) is 0 Å². The lowest BCUT2D eigenvalue weighted by atomic mass is 10.1. The third-order valence-corrected chi connectivity index (χ3v) is 4.34. The van der Waals surface area contributed by atoms with Crippen LogP contribution in [0.15, 0.2) is 48.8 Å². The summed E-state index contributed by atoms with van der Waals surface area (Å²) in [6.07, 6.45) is 3.73. The van der Waals surface area contributed by atoms with E-state index in [1.165, 1.54) is 0 Å². The molecule has 0 aliphatic carbocycles. The Balaban J connectivity index is 1.66. The number of hydrogen-bond acceptors (Lipinski definition) is 3. The molecule has 0 N–H and O–H groups in total. The van der Waals surface area contributed by atoms with Crippen LogP contribution in [0.5, 0.6) is 0 Å². The zero-order chi connectivity index (χ0) is 17.1. The highest BCUT2D eigenvalue weighted by atomic mass is 16.2. The summed E-state index contributed by atoms with van der Waals surface area (Å²) in [5, 5.41) is 0. The molecular weight excluding hydrogens is 302 g/mol. The minimum atomic E-state index is -0.291. The predicted octanol–water partition coefficient (Wildman–Crippen LogP) is 2.40. The van der Waals surface area contributed by atoms with Gasteiger partial charge in [-0.15, -0.1) is 0 Å². The summed E-state index contributed by atoms with van der Waals surface area (Å²) in [6, 6.07) is 11.6. The molecular formula is C19H21N3O2. The molecule has 2 heterocycles. The molecule has 0 saturated carbocycles. The summed E-state index contributed by atoms with van der Waals surface area (Å²) < 4.78 is 0. The van der Waals surface area contributed by atoms with Gasteiger partial charge in [-0.05, 0) is 30.7 Å². The molecule has 1 aliphatic heterocycles. The highest BCUT2D eigenvalue weighted by Crippen LogP contribution is 2.26. The van der Waals surface area contributed by atoms with E-state index >= 15 is 0 Å². The predicted molar refractivity (Wildman–Crippen MR) is 92.4 cm³/mol. The lowest BCUT2D eigenvalue weighted by molar-refractivity contribution is -0.135. The number of amides is 2. The first-order valence-corrected chi connectivity index (χ1v) is 8.05. The number of aryl methyl sites for hydroxylation is 1. The van der Waals surface area contributed by atoms with Crippen LogP contribution < -0.4 is 4.90 Å². The molecule has 5 nitrogen and oxygen atoms in total. The van der Waals surface area contributed by atoms with Crippen molar-refractivity contribution in [2.45, 2.75) is 19.9 Å². The maximum Gasteiger partial charge on any atom is 0.228 e. The van der Waals surface area contributed by atoms with Crippen molar-refractivity contribution in [3.63, 3.8) is 0 Å². The van der Waals surface area contributed by atoms with Crippen LogP contribution in [-0.2, 0) is 16.1 Å². The van der Waals surface area contributed by atoms with Gasteiger partial charge in [-0.2, -0.15) is 0 Å². The first-order valence-electron chi connectivity index (χ1n) is 8.05. The smallest absolute Gasteiger partial charge is 0.228 e. The maximum atomic E-state index is 12.7. The van der Waals surface area contributed by atoms with Crippen LogP contribution in [0.4, 0.5) is 5.69 Å². The SMILES string of the molecule is Cc1ccc(N2CC(C(=O)N(C)Cc3cccnc3)CC2=O)cc1. The summed E-state index contributed by atoms with van der Waals surface area (Å²) in [5.74, 6) is -0.283. The average Bonchev–Trinajstić information content (AvgIpc) is 2.97. The molecule has 0 radical (unpaired) electrons. The van der Waals surface area contributed by atoms with E-state index in [4.69, 9.17) is 0 Å². The molecule has 5 heteroatoms. The lowest BCUT2D eigenvalue weighted by Gasteiger charge is -2.21. The van der Waals surface area contributed by atoms with Crippen molar-refractivity contribution in [1.29, 1.82) is 0 Å². The molecule has 1 fully saturated rings. The molecule has 1 aliphatic rings. The van der Waals surface area contributed by atoms with Crippen LogP contribution in [0.2, 0.25) is 0 Å². The fourth-order valence-electron chi connectivity index (χ4n) is 3.00. The van der Waals surface area contributed by atoms with Gasteiger partial charge < -0.3 is 9.80 Å². The molecule has 0 spiro atoms. The van der Waals surface area contributed by atoms with Crippen LogP contribution in [0.25, 0.3) is 0 Å². The van der Waals surface area contributed by atoms with Crippen LogP contribution in [0.3, 0.4) is 0 Å².